The van der Waals surface area contributed by atoms with Gasteiger partial charge in [-0.3, -0.25) is 4.68 Å². The number of hydrogen-bond acceptors (Lipinski definition) is 4. The number of amidine groups is 1. The largest absolute Gasteiger partial charge is 0.409 e. The van der Waals surface area contributed by atoms with E-state index >= 15 is 0 Å². The van der Waals surface area contributed by atoms with Crippen LogP contribution in [0.2, 0.25) is 0 Å². The quantitative estimate of drug-likeness (QED) is 0.267. The van der Waals surface area contributed by atoms with E-state index in [1.165, 1.54) is 0 Å². The van der Waals surface area contributed by atoms with Crippen molar-refractivity contribution < 1.29 is 5.21 Å². The molecule has 0 saturated heterocycles. The van der Waals surface area contributed by atoms with Crippen LogP contribution in [-0.2, 0) is 6.54 Å². The molecule has 1 rings (SSSR count). The minimum Gasteiger partial charge on any atom is -0.409 e. The maximum atomic E-state index is 8.33. The standard InChI is InChI=1S/C9H17N5O/c1-8(7-14-6-2-4-12-14)11-5-3-9(10)13-15/h2,4,6,8,11,15H,3,5,7H2,1H3,(H2,10,13). The lowest BCUT2D eigenvalue weighted by molar-refractivity contribution is 0.316. The zero-order valence-corrected chi connectivity index (χ0v) is 8.80. The van der Waals surface area contributed by atoms with E-state index in [1.54, 1.807) is 6.20 Å². The molecule has 0 aliphatic carbocycles. The van der Waals surface area contributed by atoms with E-state index in [1.807, 2.05) is 16.9 Å². The van der Waals surface area contributed by atoms with Crippen molar-refractivity contribution in [2.45, 2.75) is 25.9 Å². The van der Waals surface area contributed by atoms with Crippen LogP contribution in [-0.4, -0.2) is 33.4 Å². The van der Waals surface area contributed by atoms with Crippen LogP contribution >= 0.6 is 0 Å². The van der Waals surface area contributed by atoms with Crippen LogP contribution in [0.5, 0.6) is 0 Å². The molecule has 6 nitrogen and oxygen atoms in total. The number of nitrogens with zero attached hydrogens (tertiary/aromatic N) is 3. The summed E-state index contributed by atoms with van der Waals surface area (Å²) in [6, 6.07) is 2.19. The van der Waals surface area contributed by atoms with Gasteiger partial charge in [0.25, 0.3) is 0 Å². The summed E-state index contributed by atoms with van der Waals surface area (Å²) in [5, 5.41) is 18.6. The van der Waals surface area contributed by atoms with Crippen molar-refractivity contribution in [3.63, 3.8) is 0 Å². The van der Waals surface area contributed by atoms with Crippen molar-refractivity contribution in [1.29, 1.82) is 0 Å². The van der Waals surface area contributed by atoms with Crippen molar-refractivity contribution in [3.05, 3.63) is 18.5 Å². The van der Waals surface area contributed by atoms with Crippen LogP contribution in [0.15, 0.2) is 23.6 Å². The van der Waals surface area contributed by atoms with Gasteiger partial charge < -0.3 is 16.3 Å². The summed E-state index contributed by atoms with van der Waals surface area (Å²) in [6.45, 7) is 3.56. The lowest BCUT2D eigenvalue weighted by Crippen LogP contribution is -2.33. The number of aromatic nitrogens is 2. The molecule has 0 saturated carbocycles. The normalized spacial score (nSPS) is 14.1. The summed E-state index contributed by atoms with van der Waals surface area (Å²) in [5.41, 5.74) is 5.34. The fraction of sp³-hybridized carbons (Fsp3) is 0.556. The fourth-order valence-corrected chi connectivity index (χ4v) is 1.25. The summed E-state index contributed by atoms with van der Waals surface area (Å²) in [5.74, 6) is 0.244. The molecule has 0 amide bonds. The summed E-state index contributed by atoms with van der Waals surface area (Å²) in [6.07, 6.45) is 4.21. The molecule has 6 heteroatoms. The van der Waals surface area contributed by atoms with Gasteiger partial charge in [-0.15, -0.1) is 0 Å². The predicted molar refractivity (Wildman–Crippen MR) is 57.7 cm³/mol. The van der Waals surface area contributed by atoms with E-state index in [0.717, 1.165) is 6.54 Å². The van der Waals surface area contributed by atoms with Crippen molar-refractivity contribution >= 4 is 5.84 Å². The molecular weight excluding hydrogens is 194 g/mol. The van der Waals surface area contributed by atoms with Crippen molar-refractivity contribution in [2.75, 3.05) is 6.54 Å². The van der Waals surface area contributed by atoms with E-state index in [-0.39, 0.29) is 5.84 Å². The summed E-state index contributed by atoms with van der Waals surface area (Å²) in [7, 11) is 0. The molecular formula is C9H17N5O. The molecule has 4 N–H and O–H groups in total. The Bertz CT molecular complexity index is 295. The van der Waals surface area contributed by atoms with Gasteiger partial charge in [-0.1, -0.05) is 5.16 Å². The van der Waals surface area contributed by atoms with Crippen molar-refractivity contribution in [2.24, 2.45) is 10.9 Å². The van der Waals surface area contributed by atoms with Crippen molar-refractivity contribution in [1.82, 2.24) is 15.1 Å². The lowest BCUT2D eigenvalue weighted by Gasteiger charge is -2.13. The second kappa shape index (κ2) is 6.02. The fourth-order valence-electron chi connectivity index (χ4n) is 1.25. The van der Waals surface area contributed by atoms with Gasteiger partial charge in [0.15, 0.2) is 0 Å². The third-order valence-electron chi connectivity index (χ3n) is 2.02. The number of oxime groups is 1. The van der Waals surface area contributed by atoms with Gasteiger partial charge in [0.05, 0.1) is 6.54 Å². The van der Waals surface area contributed by atoms with Gasteiger partial charge in [-0.05, 0) is 13.0 Å². The number of nitrogens with two attached hydrogens (primary N) is 1. The van der Waals surface area contributed by atoms with Crippen LogP contribution in [0, 0.1) is 0 Å². The highest BCUT2D eigenvalue weighted by atomic mass is 16.4. The zero-order valence-electron chi connectivity index (χ0n) is 8.80. The van der Waals surface area contributed by atoms with Gasteiger partial charge in [-0.25, -0.2) is 0 Å². The first-order chi connectivity index (χ1) is 7.22. The zero-order chi connectivity index (χ0) is 11.1. The first-order valence-corrected chi connectivity index (χ1v) is 4.89. The molecule has 0 fully saturated rings. The van der Waals surface area contributed by atoms with Crippen LogP contribution in [0.3, 0.4) is 0 Å². The molecule has 0 aromatic carbocycles. The molecule has 0 spiro atoms. The second-order valence-electron chi connectivity index (χ2n) is 3.42. The van der Waals surface area contributed by atoms with Gasteiger partial charge in [-0.2, -0.15) is 5.10 Å². The Morgan fingerprint density at radius 3 is 3.13 bits per heavy atom. The molecule has 84 valence electrons. The smallest absolute Gasteiger partial charge is 0.140 e. The SMILES string of the molecule is CC(Cn1cccn1)NCCC(N)=NO. The summed E-state index contributed by atoms with van der Waals surface area (Å²) < 4.78 is 1.86. The molecule has 0 aliphatic rings. The Balaban J connectivity index is 2.17. The highest BCUT2D eigenvalue weighted by Crippen LogP contribution is 1.90. The number of hydrogen-bond donors (Lipinski definition) is 3. The molecule has 0 bridgehead atoms. The van der Waals surface area contributed by atoms with E-state index in [9.17, 15) is 0 Å². The first-order valence-electron chi connectivity index (χ1n) is 4.89. The number of rotatable bonds is 6. The maximum absolute atomic E-state index is 8.33. The highest BCUT2D eigenvalue weighted by molar-refractivity contribution is 5.79. The van der Waals surface area contributed by atoms with Crippen LogP contribution in [0.4, 0.5) is 0 Å². The lowest BCUT2D eigenvalue weighted by atomic mass is 10.3. The van der Waals surface area contributed by atoms with Crippen LogP contribution < -0.4 is 11.1 Å². The summed E-state index contributed by atoms with van der Waals surface area (Å²) >= 11 is 0. The molecule has 1 aromatic rings. The minimum absolute atomic E-state index is 0.244. The summed E-state index contributed by atoms with van der Waals surface area (Å²) in [4.78, 5) is 0. The monoisotopic (exact) mass is 211 g/mol. The predicted octanol–water partition coefficient (Wildman–Crippen LogP) is -0.00230. The van der Waals surface area contributed by atoms with Gasteiger partial charge in [0, 0.05) is 31.4 Å². The van der Waals surface area contributed by atoms with E-state index in [2.05, 4.69) is 22.5 Å². The molecule has 0 radical (unpaired) electrons. The van der Waals surface area contributed by atoms with Gasteiger partial charge >= 0.3 is 0 Å². The average molecular weight is 211 g/mol. The van der Waals surface area contributed by atoms with Crippen LogP contribution in [0.1, 0.15) is 13.3 Å². The topological polar surface area (TPSA) is 88.5 Å². The Morgan fingerprint density at radius 2 is 2.53 bits per heavy atom. The first kappa shape index (κ1) is 11.5. The Labute approximate surface area is 88.8 Å². The van der Waals surface area contributed by atoms with Crippen molar-refractivity contribution in [3.8, 4) is 0 Å². The minimum atomic E-state index is 0.244. The molecule has 1 aromatic heterocycles. The van der Waals surface area contributed by atoms with E-state index in [0.29, 0.717) is 19.0 Å². The van der Waals surface area contributed by atoms with Gasteiger partial charge in [0.1, 0.15) is 5.84 Å². The van der Waals surface area contributed by atoms with Gasteiger partial charge in [0.2, 0.25) is 0 Å². The number of nitrogens with one attached hydrogen (secondary N) is 1. The highest BCUT2D eigenvalue weighted by Gasteiger charge is 2.02. The third kappa shape index (κ3) is 4.46. The van der Waals surface area contributed by atoms with E-state index in [4.69, 9.17) is 10.9 Å². The van der Waals surface area contributed by atoms with Crippen LogP contribution in [0.25, 0.3) is 0 Å². The molecule has 0 aliphatic heterocycles. The Hall–Kier alpha value is -1.56. The average Bonchev–Trinajstić information content (AvgIpc) is 2.70. The maximum Gasteiger partial charge on any atom is 0.140 e. The Kier molecular flexibility index (Phi) is 4.62. The molecule has 1 heterocycles. The molecule has 15 heavy (non-hydrogen) atoms. The third-order valence-corrected chi connectivity index (χ3v) is 2.02. The Morgan fingerprint density at radius 1 is 1.73 bits per heavy atom. The second-order valence-corrected chi connectivity index (χ2v) is 3.42. The van der Waals surface area contributed by atoms with E-state index < -0.39 is 0 Å². The molecule has 1 atom stereocenters. The molecule has 1 unspecified atom stereocenters.